The van der Waals surface area contributed by atoms with E-state index in [0.717, 1.165) is 25.2 Å². The number of nitrogens with zero attached hydrogens (tertiary/aromatic N) is 2. The zero-order valence-corrected chi connectivity index (χ0v) is 12.2. The third-order valence-corrected chi connectivity index (χ3v) is 3.03. The first-order valence-corrected chi connectivity index (χ1v) is 6.43. The number of carbonyl (C=O) groups excluding carboxylic acids is 1. The van der Waals surface area contributed by atoms with E-state index in [1.807, 2.05) is 13.1 Å². The second kappa shape index (κ2) is 6.99. The number of benzene rings is 1. The van der Waals surface area contributed by atoms with E-state index in [-0.39, 0.29) is 5.91 Å². The van der Waals surface area contributed by atoms with Gasteiger partial charge in [0, 0.05) is 26.2 Å². The van der Waals surface area contributed by atoms with Gasteiger partial charge in [-0.3, -0.25) is 4.79 Å². The lowest BCUT2D eigenvalue weighted by molar-refractivity contribution is 0.0963. The Morgan fingerprint density at radius 2 is 1.95 bits per heavy atom. The largest absolute Gasteiger partial charge is 0.397 e. The zero-order chi connectivity index (χ0) is 14.4. The van der Waals surface area contributed by atoms with Gasteiger partial charge >= 0.3 is 0 Å². The highest BCUT2D eigenvalue weighted by molar-refractivity contribution is 5.95. The van der Waals surface area contributed by atoms with Crippen LogP contribution in [0.5, 0.6) is 0 Å². The summed E-state index contributed by atoms with van der Waals surface area (Å²) in [6, 6.07) is 5.42. The Morgan fingerprint density at radius 3 is 2.47 bits per heavy atom. The van der Waals surface area contributed by atoms with Gasteiger partial charge in [-0.05, 0) is 45.3 Å². The predicted octanol–water partition coefficient (Wildman–Crippen LogP) is 1.02. The monoisotopic (exact) mass is 264 g/mol. The highest BCUT2D eigenvalue weighted by atomic mass is 16.1. The Balaban J connectivity index is 2.70. The van der Waals surface area contributed by atoms with E-state index < -0.39 is 0 Å². The number of rotatable bonds is 6. The summed E-state index contributed by atoms with van der Waals surface area (Å²) in [7, 11) is 7.75. The lowest BCUT2D eigenvalue weighted by Gasteiger charge is -2.22. The molecule has 1 aromatic carbocycles. The van der Waals surface area contributed by atoms with Crippen LogP contribution in [0.15, 0.2) is 18.2 Å². The number of nitrogens with one attached hydrogen (secondary N) is 1. The zero-order valence-electron chi connectivity index (χ0n) is 12.2. The number of nitrogens with two attached hydrogens (primary N) is 1. The average molecular weight is 264 g/mol. The molecule has 0 heterocycles. The number of hydrogen-bond acceptors (Lipinski definition) is 4. The molecular formula is C14H24N4O. The van der Waals surface area contributed by atoms with Crippen LogP contribution in [-0.4, -0.2) is 52.1 Å². The van der Waals surface area contributed by atoms with Crippen LogP contribution >= 0.6 is 0 Å². The lowest BCUT2D eigenvalue weighted by atomic mass is 10.1. The van der Waals surface area contributed by atoms with Crippen molar-refractivity contribution in [3.8, 4) is 0 Å². The molecule has 0 aliphatic heterocycles. The SMILES string of the molecule is CNC(=O)c1ccc(N(C)CCCN(C)C)c(N)c1. The van der Waals surface area contributed by atoms with Crippen molar-refractivity contribution in [2.75, 3.05) is 51.9 Å². The number of hydrogen-bond donors (Lipinski definition) is 2. The fourth-order valence-corrected chi connectivity index (χ4v) is 1.93. The normalized spacial score (nSPS) is 10.6. The summed E-state index contributed by atoms with van der Waals surface area (Å²) in [6.45, 7) is 1.97. The number of amides is 1. The van der Waals surface area contributed by atoms with Crippen molar-refractivity contribution >= 4 is 17.3 Å². The number of nitrogen functional groups attached to an aromatic ring is 1. The van der Waals surface area contributed by atoms with Crippen LogP contribution in [0.1, 0.15) is 16.8 Å². The summed E-state index contributed by atoms with van der Waals surface area (Å²) in [6.07, 6.45) is 1.07. The van der Waals surface area contributed by atoms with Gasteiger partial charge in [-0.1, -0.05) is 0 Å². The molecule has 5 nitrogen and oxygen atoms in total. The van der Waals surface area contributed by atoms with Gasteiger partial charge in [0.05, 0.1) is 11.4 Å². The van der Waals surface area contributed by atoms with E-state index in [9.17, 15) is 4.79 Å². The van der Waals surface area contributed by atoms with E-state index in [4.69, 9.17) is 5.73 Å². The molecule has 0 aliphatic carbocycles. The summed E-state index contributed by atoms with van der Waals surface area (Å²) >= 11 is 0. The number of anilines is 2. The second-order valence-corrected chi connectivity index (χ2v) is 4.93. The maximum absolute atomic E-state index is 11.5. The van der Waals surface area contributed by atoms with E-state index in [2.05, 4.69) is 29.2 Å². The van der Waals surface area contributed by atoms with Crippen molar-refractivity contribution in [1.82, 2.24) is 10.2 Å². The molecule has 19 heavy (non-hydrogen) atoms. The van der Waals surface area contributed by atoms with Gasteiger partial charge in [0.25, 0.3) is 5.91 Å². The molecule has 0 atom stereocenters. The summed E-state index contributed by atoms with van der Waals surface area (Å²) in [5.74, 6) is -0.117. The van der Waals surface area contributed by atoms with E-state index in [1.54, 1.807) is 19.2 Å². The Hall–Kier alpha value is -1.75. The van der Waals surface area contributed by atoms with Crippen LogP contribution in [-0.2, 0) is 0 Å². The molecule has 1 rings (SSSR count). The third-order valence-electron chi connectivity index (χ3n) is 3.03. The van der Waals surface area contributed by atoms with Crippen molar-refractivity contribution in [2.24, 2.45) is 0 Å². The van der Waals surface area contributed by atoms with Gasteiger partial charge in [-0.2, -0.15) is 0 Å². The molecule has 0 bridgehead atoms. The molecule has 0 spiro atoms. The van der Waals surface area contributed by atoms with E-state index >= 15 is 0 Å². The minimum absolute atomic E-state index is 0.117. The van der Waals surface area contributed by atoms with Gasteiger partial charge in [-0.15, -0.1) is 0 Å². The van der Waals surface area contributed by atoms with Crippen LogP contribution in [0.25, 0.3) is 0 Å². The van der Waals surface area contributed by atoms with Crippen molar-refractivity contribution in [3.05, 3.63) is 23.8 Å². The highest BCUT2D eigenvalue weighted by Gasteiger charge is 2.09. The first kappa shape index (κ1) is 15.3. The van der Waals surface area contributed by atoms with E-state index in [0.29, 0.717) is 11.3 Å². The predicted molar refractivity (Wildman–Crippen MR) is 80.7 cm³/mol. The Morgan fingerprint density at radius 1 is 1.26 bits per heavy atom. The van der Waals surface area contributed by atoms with Gasteiger partial charge in [0.15, 0.2) is 0 Å². The Bertz CT molecular complexity index is 431. The quantitative estimate of drug-likeness (QED) is 0.753. The molecule has 106 valence electrons. The van der Waals surface area contributed by atoms with Gasteiger partial charge < -0.3 is 20.9 Å². The molecule has 0 radical (unpaired) electrons. The second-order valence-electron chi connectivity index (χ2n) is 4.93. The molecule has 0 unspecified atom stereocenters. The lowest BCUT2D eigenvalue weighted by Crippen LogP contribution is -2.24. The van der Waals surface area contributed by atoms with E-state index in [1.165, 1.54) is 0 Å². The molecule has 0 fully saturated rings. The molecule has 0 aliphatic rings. The summed E-state index contributed by atoms with van der Waals surface area (Å²) in [4.78, 5) is 15.8. The molecule has 0 saturated carbocycles. The molecule has 0 aromatic heterocycles. The first-order valence-electron chi connectivity index (χ1n) is 6.43. The number of carbonyl (C=O) groups is 1. The van der Waals surface area contributed by atoms with Crippen LogP contribution in [0.3, 0.4) is 0 Å². The van der Waals surface area contributed by atoms with Crippen molar-refractivity contribution < 1.29 is 4.79 Å². The highest BCUT2D eigenvalue weighted by Crippen LogP contribution is 2.23. The van der Waals surface area contributed by atoms with Crippen LogP contribution < -0.4 is 16.0 Å². The summed E-state index contributed by atoms with van der Waals surface area (Å²) < 4.78 is 0. The first-order chi connectivity index (χ1) is 8.95. The standard InChI is InChI=1S/C14H24N4O/c1-16-14(19)11-6-7-13(12(15)10-11)18(4)9-5-8-17(2)3/h6-7,10H,5,8-9,15H2,1-4H3,(H,16,19). The third kappa shape index (κ3) is 4.44. The maximum atomic E-state index is 11.5. The topological polar surface area (TPSA) is 61.6 Å². The van der Waals surface area contributed by atoms with Crippen LogP contribution in [0.2, 0.25) is 0 Å². The molecule has 1 amide bonds. The fraction of sp³-hybridized carbons (Fsp3) is 0.500. The Kier molecular flexibility index (Phi) is 5.63. The molecule has 1 aromatic rings. The maximum Gasteiger partial charge on any atom is 0.251 e. The molecule has 0 saturated heterocycles. The fourth-order valence-electron chi connectivity index (χ4n) is 1.93. The van der Waals surface area contributed by atoms with Crippen molar-refractivity contribution in [2.45, 2.75) is 6.42 Å². The minimum Gasteiger partial charge on any atom is -0.397 e. The average Bonchev–Trinajstić information content (AvgIpc) is 2.36. The van der Waals surface area contributed by atoms with Crippen molar-refractivity contribution in [3.63, 3.8) is 0 Å². The minimum atomic E-state index is -0.117. The van der Waals surface area contributed by atoms with Crippen molar-refractivity contribution in [1.29, 1.82) is 0 Å². The van der Waals surface area contributed by atoms with Crippen LogP contribution in [0.4, 0.5) is 11.4 Å². The summed E-state index contributed by atoms with van der Waals surface area (Å²) in [5, 5.41) is 2.59. The van der Waals surface area contributed by atoms with Crippen LogP contribution in [0, 0.1) is 0 Å². The summed E-state index contributed by atoms with van der Waals surface area (Å²) in [5.41, 5.74) is 8.20. The smallest absolute Gasteiger partial charge is 0.251 e. The van der Waals surface area contributed by atoms with Gasteiger partial charge in [0.1, 0.15) is 0 Å². The van der Waals surface area contributed by atoms with Gasteiger partial charge in [-0.25, -0.2) is 0 Å². The molecular weight excluding hydrogens is 240 g/mol. The Labute approximate surface area is 115 Å². The van der Waals surface area contributed by atoms with Gasteiger partial charge in [0.2, 0.25) is 0 Å². The molecule has 5 heteroatoms. The molecule has 3 N–H and O–H groups in total.